The molecule has 0 amide bonds. The topological polar surface area (TPSA) is 29.4 Å². The molecule has 1 aromatic rings. The van der Waals surface area contributed by atoms with E-state index in [0.29, 0.717) is 5.69 Å². The molecule has 64 valence electrons. The lowest BCUT2D eigenvalue weighted by Crippen LogP contribution is -2.37. The van der Waals surface area contributed by atoms with E-state index in [1.165, 1.54) is 5.19 Å². The van der Waals surface area contributed by atoms with Gasteiger partial charge in [-0.25, -0.2) is 0 Å². The number of benzene rings is 1. The van der Waals surface area contributed by atoms with Gasteiger partial charge in [-0.2, -0.15) is 0 Å². The third-order valence-electron chi connectivity index (χ3n) is 1.84. The van der Waals surface area contributed by atoms with E-state index in [4.69, 9.17) is 0 Å². The molecule has 1 rings (SSSR count). The standard InChI is InChI=1S/C9H13NOSi/c1-12(2,3)9-6-4-8(10-11)5-7-9/h4-7H,1-3H3. The Morgan fingerprint density at radius 2 is 1.58 bits per heavy atom. The van der Waals surface area contributed by atoms with E-state index in [1.54, 1.807) is 12.1 Å². The molecule has 0 saturated carbocycles. The van der Waals surface area contributed by atoms with Crippen LogP contribution in [0.2, 0.25) is 19.6 Å². The molecule has 0 radical (unpaired) electrons. The Morgan fingerprint density at radius 3 is 1.92 bits per heavy atom. The van der Waals surface area contributed by atoms with Crippen LogP contribution in [0.3, 0.4) is 0 Å². The maximum Gasteiger partial charge on any atom is 0.107 e. The van der Waals surface area contributed by atoms with E-state index in [0.717, 1.165) is 0 Å². The zero-order valence-corrected chi connectivity index (χ0v) is 8.66. The highest BCUT2D eigenvalue weighted by atomic mass is 28.3. The van der Waals surface area contributed by atoms with Crippen molar-refractivity contribution in [1.29, 1.82) is 0 Å². The van der Waals surface area contributed by atoms with Crippen LogP contribution in [0.1, 0.15) is 0 Å². The molecule has 0 unspecified atom stereocenters. The number of hydrogen-bond acceptors (Lipinski definition) is 2. The fourth-order valence-electron chi connectivity index (χ4n) is 1.02. The third-order valence-corrected chi connectivity index (χ3v) is 3.90. The van der Waals surface area contributed by atoms with E-state index >= 15 is 0 Å². The first-order chi connectivity index (χ1) is 5.54. The monoisotopic (exact) mass is 179 g/mol. The van der Waals surface area contributed by atoms with Crippen molar-refractivity contribution in [3.63, 3.8) is 0 Å². The first kappa shape index (κ1) is 9.13. The molecule has 0 saturated heterocycles. The van der Waals surface area contributed by atoms with Crippen molar-refractivity contribution < 1.29 is 0 Å². The molecule has 2 nitrogen and oxygen atoms in total. The Bertz CT molecular complexity index is 274. The molecule has 0 aliphatic heterocycles. The van der Waals surface area contributed by atoms with Gasteiger partial charge in [-0.1, -0.05) is 37.0 Å². The van der Waals surface area contributed by atoms with E-state index in [1.807, 2.05) is 12.1 Å². The van der Waals surface area contributed by atoms with Crippen molar-refractivity contribution in [3.05, 3.63) is 29.2 Å². The van der Waals surface area contributed by atoms with E-state index in [2.05, 4.69) is 24.8 Å². The molecule has 0 N–H and O–H groups in total. The van der Waals surface area contributed by atoms with Gasteiger partial charge in [-0.15, -0.1) is 4.91 Å². The maximum absolute atomic E-state index is 10.1. The van der Waals surface area contributed by atoms with Gasteiger partial charge in [0.25, 0.3) is 0 Å². The Morgan fingerprint density at radius 1 is 1.08 bits per heavy atom. The molecule has 0 spiro atoms. The second kappa shape index (κ2) is 3.19. The van der Waals surface area contributed by atoms with Crippen LogP contribution in [0.15, 0.2) is 29.4 Å². The summed E-state index contributed by atoms with van der Waals surface area (Å²) < 4.78 is 0. The SMILES string of the molecule is C[Si](C)(C)c1ccc(N=O)cc1. The van der Waals surface area contributed by atoms with Gasteiger partial charge in [-0.05, 0) is 17.3 Å². The highest BCUT2D eigenvalue weighted by Gasteiger charge is 2.15. The Labute approximate surface area is 73.6 Å². The lowest BCUT2D eigenvalue weighted by molar-refractivity contribution is 1.50. The summed E-state index contributed by atoms with van der Waals surface area (Å²) in [5, 5.41) is 4.22. The summed E-state index contributed by atoms with van der Waals surface area (Å²) in [7, 11) is -1.21. The summed E-state index contributed by atoms with van der Waals surface area (Å²) in [4.78, 5) is 10.1. The Balaban J connectivity index is 3.00. The Hall–Kier alpha value is -0.963. The van der Waals surface area contributed by atoms with Crippen LogP contribution >= 0.6 is 0 Å². The molecular weight excluding hydrogens is 166 g/mol. The highest BCUT2D eigenvalue weighted by Crippen LogP contribution is 2.10. The van der Waals surface area contributed by atoms with Crippen molar-refractivity contribution in [3.8, 4) is 0 Å². The van der Waals surface area contributed by atoms with Gasteiger partial charge < -0.3 is 0 Å². The summed E-state index contributed by atoms with van der Waals surface area (Å²) in [6.07, 6.45) is 0. The fourth-order valence-corrected chi connectivity index (χ4v) is 2.19. The quantitative estimate of drug-likeness (QED) is 0.507. The van der Waals surface area contributed by atoms with Crippen LogP contribution in [0.5, 0.6) is 0 Å². The molecule has 0 aliphatic rings. The van der Waals surface area contributed by atoms with Gasteiger partial charge in [0.1, 0.15) is 5.69 Å². The molecule has 0 fully saturated rings. The average molecular weight is 179 g/mol. The minimum absolute atomic E-state index is 0.511. The van der Waals surface area contributed by atoms with Gasteiger partial charge in [0.15, 0.2) is 0 Å². The molecule has 0 aromatic heterocycles. The van der Waals surface area contributed by atoms with E-state index < -0.39 is 8.07 Å². The Kier molecular flexibility index (Phi) is 2.42. The summed E-state index contributed by atoms with van der Waals surface area (Å²) in [5.41, 5.74) is 0.511. The van der Waals surface area contributed by atoms with Gasteiger partial charge in [-0.3, -0.25) is 0 Å². The molecule has 0 heterocycles. The number of rotatable bonds is 2. The predicted octanol–water partition coefficient (Wildman–Crippen LogP) is 2.63. The van der Waals surface area contributed by atoms with Crippen molar-refractivity contribution >= 4 is 18.9 Å². The fraction of sp³-hybridized carbons (Fsp3) is 0.333. The van der Waals surface area contributed by atoms with Crippen molar-refractivity contribution in [2.75, 3.05) is 0 Å². The predicted molar refractivity (Wildman–Crippen MR) is 54.9 cm³/mol. The van der Waals surface area contributed by atoms with Gasteiger partial charge in [0.05, 0.1) is 8.07 Å². The number of hydrogen-bond donors (Lipinski definition) is 0. The van der Waals surface area contributed by atoms with E-state index in [-0.39, 0.29) is 0 Å². The third kappa shape index (κ3) is 2.01. The maximum atomic E-state index is 10.1. The van der Waals surface area contributed by atoms with Crippen LogP contribution in [0.4, 0.5) is 5.69 Å². The van der Waals surface area contributed by atoms with Crippen LogP contribution in [-0.2, 0) is 0 Å². The molecule has 3 heteroatoms. The second-order valence-electron chi connectivity index (χ2n) is 3.89. The second-order valence-corrected chi connectivity index (χ2v) is 8.97. The summed E-state index contributed by atoms with van der Waals surface area (Å²) in [5.74, 6) is 0. The van der Waals surface area contributed by atoms with Crippen LogP contribution in [-0.4, -0.2) is 8.07 Å². The van der Waals surface area contributed by atoms with Gasteiger partial charge in [0, 0.05) is 0 Å². The van der Waals surface area contributed by atoms with Crippen molar-refractivity contribution in [1.82, 2.24) is 0 Å². The molecule has 0 bridgehead atoms. The molecule has 0 aliphatic carbocycles. The highest BCUT2D eigenvalue weighted by molar-refractivity contribution is 6.88. The number of nitrogens with zero attached hydrogens (tertiary/aromatic N) is 1. The first-order valence-electron chi connectivity index (χ1n) is 3.98. The number of nitroso groups, excluding NO2 is 1. The molecule has 0 atom stereocenters. The average Bonchev–Trinajstić information content (AvgIpc) is 2.03. The smallest absolute Gasteiger partial charge is 0.107 e. The first-order valence-corrected chi connectivity index (χ1v) is 7.48. The van der Waals surface area contributed by atoms with Crippen molar-refractivity contribution in [2.24, 2.45) is 5.18 Å². The van der Waals surface area contributed by atoms with Gasteiger partial charge >= 0.3 is 0 Å². The summed E-state index contributed by atoms with van der Waals surface area (Å²) >= 11 is 0. The minimum atomic E-state index is -1.21. The molecule has 12 heavy (non-hydrogen) atoms. The minimum Gasteiger partial charge on any atom is -0.145 e. The lowest BCUT2D eigenvalue weighted by Gasteiger charge is -2.15. The molecule has 1 aromatic carbocycles. The largest absolute Gasteiger partial charge is 0.145 e. The molecular formula is C9H13NOSi. The zero-order chi connectivity index (χ0) is 9.19. The zero-order valence-electron chi connectivity index (χ0n) is 7.66. The normalized spacial score (nSPS) is 11.2. The van der Waals surface area contributed by atoms with Crippen LogP contribution < -0.4 is 5.19 Å². The summed E-state index contributed by atoms with van der Waals surface area (Å²) in [6, 6.07) is 7.56. The van der Waals surface area contributed by atoms with Crippen LogP contribution in [0.25, 0.3) is 0 Å². The van der Waals surface area contributed by atoms with Crippen molar-refractivity contribution in [2.45, 2.75) is 19.6 Å². The van der Waals surface area contributed by atoms with Crippen LogP contribution in [0, 0.1) is 4.91 Å². The lowest BCUT2D eigenvalue weighted by atomic mass is 10.3. The van der Waals surface area contributed by atoms with Gasteiger partial charge in [0.2, 0.25) is 0 Å². The summed E-state index contributed by atoms with van der Waals surface area (Å²) in [6.45, 7) is 6.82. The van der Waals surface area contributed by atoms with E-state index in [9.17, 15) is 4.91 Å².